The van der Waals surface area contributed by atoms with E-state index in [0.717, 1.165) is 36.5 Å². The number of amides is 1. The first-order chi connectivity index (χ1) is 10.7. The Labute approximate surface area is 136 Å². The monoisotopic (exact) mass is 313 g/mol. The van der Waals surface area contributed by atoms with Gasteiger partial charge in [0.05, 0.1) is 0 Å². The van der Waals surface area contributed by atoms with Gasteiger partial charge in [0, 0.05) is 23.7 Å². The standard InChI is InChI=1S/C19H20ClNO/c20-18-10-4-6-15(13-18)12-16-7-5-11-21(14-16)19(22)17-8-2-1-3-9-17/h1-4,6,8-10,13,16H,5,7,11-12,14H2. The second kappa shape index (κ2) is 6.97. The number of hydrogen-bond acceptors (Lipinski definition) is 1. The fourth-order valence-corrected chi connectivity index (χ4v) is 3.39. The fraction of sp³-hybridized carbons (Fsp3) is 0.316. The Morgan fingerprint density at radius 2 is 1.95 bits per heavy atom. The molecule has 0 bridgehead atoms. The molecule has 1 heterocycles. The second-order valence-corrected chi connectivity index (χ2v) is 6.40. The van der Waals surface area contributed by atoms with Crippen molar-refractivity contribution >= 4 is 17.5 Å². The molecule has 0 aliphatic carbocycles. The van der Waals surface area contributed by atoms with Crippen molar-refractivity contribution < 1.29 is 4.79 Å². The molecule has 1 unspecified atom stereocenters. The molecule has 1 saturated heterocycles. The summed E-state index contributed by atoms with van der Waals surface area (Å²) in [6, 6.07) is 17.6. The van der Waals surface area contributed by atoms with Gasteiger partial charge in [0.2, 0.25) is 0 Å². The van der Waals surface area contributed by atoms with Crippen molar-refractivity contribution in [1.29, 1.82) is 0 Å². The number of halogens is 1. The molecule has 0 radical (unpaired) electrons. The zero-order chi connectivity index (χ0) is 15.4. The summed E-state index contributed by atoms with van der Waals surface area (Å²) in [6.45, 7) is 1.69. The lowest BCUT2D eigenvalue weighted by atomic mass is 9.91. The van der Waals surface area contributed by atoms with Gasteiger partial charge in [-0.3, -0.25) is 4.79 Å². The third kappa shape index (κ3) is 3.69. The molecular formula is C19H20ClNO. The van der Waals surface area contributed by atoms with Gasteiger partial charge in [0.15, 0.2) is 0 Å². The maximum Gasteiger partial charge on any atom is 0.253 e. The average Bonchev–Trinajstić information content (AvgIpc) is 2.55. The molecule has 0 saturated carbocycles. The summed E-state index contributed by atoms with van der Waals surface area (Å²) in [5.74, 6) is 0.663. The lowest BCUT2D eigenvalue weighted by Gasteiger charge is -2.33. The minimum absolute atomic E-state index is 0.149. The molecule has 3 heteroatoms. The van der Waals surface area contributed by atoms with Gasteiger partial charge in [-0.15, -0.1) is 0 Å². The Balaban J connectivity index is 1.65. The van der Waals surface area contributed by atoms with Crippen LogP contribution in [0.1, 0.15) is 28.8 Å². The third-order valence-corrected chi connectivity index (χ3v) is 4.48. The molecule has 0 aromatic heterocycles. The zero-order valence-corrected chi connectivity index (χ0v) is 13.3. The van der Waals surface area contributed by atoms with Crippen LogP contribution < -0.4 is 0 Å². The molecular weight excluding hydrogens is 294 g/mol. The fourth-order valence-electron chi connectivity index (χ4n) is 3.18. The molecule has 0 spiro atoms. The van der Waals surface area contributed by atoms with E-state index in [1.54, 1.807) is 0 Å². The van der Waals surface area contributed by atoms with E-state index in [1.165, 1.54) is 12.0 Å². The van der Waals surface area contributed by atoms with Gasteiger partial charge >= 0.3 is 0 Å². The van der Waals surface area contributed by atoms with Crippen LogP contribution in [-0.2, 0) is 6.42 Å². The van der Waals surface area contributed by atoms with Crippen LogP contribution in [0.25, 0.3) is 0 Å². The number of rotatable bonds is 3. The highest BCUT2D eigenvalue weighted by molar-refractivity contribution is 6.30. The van der Waals surface area contributed by atoms with Gasteiger partial charge in [-0.25, -0.2) is 0 Å². The van der Waals surface area contributed by atoms with E-state index in [4.69, 9.17) is 11.6 Å². The van der Waals surface area contributed by atoms with Crippen LogP contribution in [-0.4, -0.2) is 23.9 Å². The molecule has 0 N–H and O–H groups in total. The van der Waals surface area contributed by atoms with Crippen LogP contribution in [0.3, 0.4) is 0 Å². The molecule has 1 atom stereocenters. The van der Waals surface area contributed by atoms with Crippen LogP contribution >= 0.6 is 11.6 Å². The van der Waals surface area contributed by atoms with Crippen LogP contribution in [0.4, 0.5) is 0 Å². The van der Waals surface area contributed by atoms with Gasteiger partial charge < -0.3 is 4.90 Å². The first-order valence-corrected chi connectivity index (χ1v) is 8.19. The number of benzene rings is 2. The van der Waals surface area contributed by atoms with Crippen LogP contribution in [0.15, 0.2) is 54.6 Å². The number of carbonyl (C=O) groups is 1. The average molecular weight is 314 g/mol. The Morgan fingerprint density at radius 1 is 1.14 bits per heavy atom. The lowest BCUT2D eigenvalue weighted by Crippen LogP contribution is -2.40. The second-order valence-electron chi connectivity index (χ2n) is 5.96. The molecule has 114 valence electrons. The van der Waals surface area contributed by atoms with E-state index in [9.17, 15) is 4.79 Å². The Bertz CT molecular complexity index is 641. The quantitative estimate of drug-likeness (QED) is 0.820. The van der Waals surface area contributed by atoms with Crippen LogP contribution in [0.2, 0.25) is 5.02 Å². The molecule has 2 nitrogen and oxygen atoms in total. The maximum absolute atomic E-state index is 12.6. The lowest BCUT2D eigenvalue weighted by molar-refractivity contribution is 0.0673. The Hall–Kier alpha value is -1.80. The molecule has 2 aromatic carbocycles. The van der Waals surface area contributed by atoms with Crippen LogP contribution in [0, 0.1) is 5.92 Å². The van der Waals surface area contributed by atoms with Crippen molar-refractivity contribution in [1.82, 2.24) is 4.90 Å². The maximum atomic E-state index is 12.6. The first kappa shape index (κ1) is 15.1. The number of likely N-dealkylation sites (tertiary alicyclic amines) is 1. The molecule has 22 heavy (non-hydrogen) atoms. The molecule has 2 aromatic rings. The summed E-state index contributed by atoms with van der Waals surface area (Å²) in [6.07, 6.45) is 3.23. The van der Waals surface area contributed by atoms with Crippen LogP contribution in [0.5, 0.6) is 0 Å². The van der Waals surface area contributed by atoms with Crippen molar-refractivity contribution in [2.45, 2.75) is 19.3 Å². The SMILES string of the molecule is O=C(c1ccccc1)N1CCCC(Cc2cccc(Cl)c2)C1. The van der Waals surface area contributed by atoms with Crippen molar-refractivity contribution in [3.63, 3.8) is 0 Å². The third-order valence-electron chi connectivity index (χ3n) is 4.24. The van der Waals surface area contributed by atoms with E-state index >= 15 is 0 Å². The van der Waals surface area contributed by atoms with Gasteiger partial charge in [-0.1, -0.05) is 41.9 Å². The minimum atomic E-state index is 0.149. The Kier molecular flexibility index (Phi) is 4.79. The number of carbonyl (C=O) groups excluding carboxylic acids is 1. The van der Waals surface area contributed by atoms with Gasteiger partial charge in [0.25, 0.3) is 5.91 Å². The summed E-state index contributed by atoms with van der Waals surface area (Å²) < 4.78 is 0. The first-order valence-electron chi connectivity index (χ1n) is 7.81. The van der Waals surface area contributed by atoms with E-state index in [1.807, 2.05) is 53.4 Å². The predicted molar refractivity (Wildman–Crippen MR) is 90.2 cm³/mol. The number of hydrogen-bond donors (Lipinski definition) is 0. The summed E-state index contributed by atoms with van der Waals surface area (Å²) in [5, 5.41) is 0.783. The predicted octanol–water partition coefficient (Wildman–Crippen LogP) is 4.43. The topological polar surface area (TPSA) is 20.3 Å². The van der Waals surface area contributed by atoms with E-state index < -0.39 is 0 Å². The van der Waals surface area contributed by atoms with E-state index in [2.05, 4.69) is 6.07 Å². The van der Waals surface area contributed by atoms with Crippen molar-refractivity contribution in [2.75, 3.05) is 13.1 Å². The molecule has 1 aliphatic rings. The largest absolute Gasteiger partial charge is 0.338 e. The summed E-state index contributed by atoms with van der Waals surface area (Å²) in [7, 11) is 0. The normalized spacial score (nSPS) is 18.2. The van der Waals surface area contributed by atoms with Gasteiger partial charge in [-0.2, -0.15) is 0 Å². The van der Waals surface area contributed by atoms with Gasteiger partial charge in [0.1, 0.15) is 0 Å². The summed E-state index contributed by atoms with van der Waals surface area (Å²) in [5.41, 5.74) is 2.04. The minimum Gasteiger partial charge on any atom is -0.338 e. The molecule has 1 amide bonds. The Morgan fingerprint density at radius 3 is 2.73 bits per heavy atom. The van der Waals surface area contributed by atoms with Crippen molar-refractivity contribution in [3.05, 3.63) is 70.7 Å². The number of nitrogens with zero attached hydrogens (tertiary/aromatic N) is 1. The van der Waals surface area contributed by atoms with E-state index in [0.29, 0.717) is 5.92 Å². The highest BCUT2D eigenvalue weighted by atomic mass is 35.5. The molecule has 1 aliphatic heterocycles. The van der Waals surface area contributed by atoms with Gasteiger partial charge in [-0.05, 0) is 55.0 Å². The molecule has 1 fully saturated rings. The molecule has 3 rings (SSSR count). The summed E-state index contributed by atoms with van der Waals surface area (Å²) >= 11 is 6.06. The smallest absolute Gasteiger partial charge is 0.253 e. The van der Waals surface area contributed by atoms with Crippen molar-refractivity contribution in [3.8, 4) is 0 Å². The number of piperidine rings is 1. The van der Waals surface area contributed by atoms with Crippen molar-refractivity contribution in [2.24, 2.45) is 5.92 Å². The van der Waals surface area contributed by atoms with E-state index in [-0.39, 0.29) is 5.91 Å². The summed E-state index contributed by atoms with van der Waals surface area (Å²) in [4.78, 5) is 14.6. The highest BCUT2D eigenvalue weighted by Gasteiger charge is 2.24. The highest BCUT2D eigenvalue weighted by Crippen LogP contribution is 2.23. The zero-order valence-electron chi connectivity index (χ0n) is 12.5.